The SMILES string of the molecule is CCS(=O)(=O)c1ccc(CNC(=O)[C@@]2(C(C)C)NCCc3cc(C(=O)O)ccc32)cc1. The molecule has 0 saturated carbocycles. The molecule has 0 fully saturated rings. The zero-order valence-corrected chi connectivity index (χ0v) is 18.8. The molecule has 8 heteroatoms. The van der Waals surface area contributed by atoms with Crippen molar-refractivity contribution in [3.63, 3.8) is 0 Å². The average Bonchev–Trinajstić information content (AvgIpc) is 2.76. The molecule has 1 heterocycles. The van der Waals surface area contributed by atoms with Crippen LogP contribution in [0, 0.1) is 5.92 Å². The number of sulfone groups is 1. The summed E-state index contributed by atoms with van der Waals surface area (Å²) in [5.41, 5.74) is 1.67. The first-order chi connectivity index (χ1) is 14.6. The summed E-state index contributed by atoms with van der Waals surface area (Å²) in [7, 11) is -3.27. The maximum Gasteiger partial charge on any atom is 0.335 e. The molecule has 0 aliphatic carbocycles. The molecule has 1 aliphatic heterocycles. The number of nitrogens with one attached hydrogen (secondary N) is 2. The second-order valence-corrected chi connectivity index (χ2v) is 10.3. The molecule has 166 valence electrons. The number of aromatic carboxylic acids is 1. The van der Waals surface area contributed by atoms with Crippen LogP contribution in [-0.4, -0.2) is 37.7 Å². The van der Waals surface area contributed by atoms with Crippen molar-refractivity contribution >= 4 is 21.7 Å². The zero-order valence-electron chi connectivity index (χ0n) is 17.9. The summed E-state index contributed by atoms with van der Waals surface area (Å²) in [6.07, 6.45) is 0.644. The van der Waals surface area contributed by atoms with Gasteiger partial charge in [0.15, 0.2) is 9.84 Å². The molecule has 7 nitrogen and oxygen atoms in total. The second-order valence-electron chi connectivity index (χ2n) is 8.05. The van der Waals surface area contributed by atoms with Crippen LogP contribution in [0.25, 0.3) is 0 Å². The first-order valence-electron chi connectivity index (χ1n) is 10.3. The molecule has 1 amide bonds. The Morgan fingerprint density at radius 3 is 2.42 bits per heavy atom. The van der Waals surface area contributed by atoms with Crippen LogP contribution in [0.1, 0.15) is 47.8 Å². The summed E-state index contributed by atoms with van der Waals surface area (Å²) >= 11 is 0. The normalized spacial score (nSPS) is 18.5. The van der Waals surface area contributed by atoms with Crippen LogP contribution in [0.5, 0.6) is 0 Å². The van der Waals surface area contributed by atoms with E-state index in [9.17, 15) is 23.1 Å². The van der Waals surface area contributed by atoms with Gasteiger partial charge in [0.05, 0.1) is 16.2 Å². The molecular weight excluding hydrogens is 416 g/mol. The van der Waals surface area contributed by atoms with E-state index >= 15 is 0 Å². The number of amides is 1. The van der Waals surface area contributed by atoms with E-state index in [1.807, 2.05) is 13.8 Å². The maximum atomic E-state index is 13.4. The fourth-order valence-corrected chi connectivity index (χ4v) is 4.97. The highest BCUT2D eigenvalue weighted by atomic mass is 32.2. The van der Waals surface area contributed by atoms with Gasteiger partial charge in [0, 0.05) is 13.1 Å². The van der Waals surface area contributed by atoms with Gasteiger partial charge < -0.3 is 10.4 Å². The molecule has 0 bridgehead atoms. The summed E-state index contributed by atoms with van der Waals surface area (Å²) in [6, 6.07) is 11.4. The van der Waals surface area contributed by atoms with E-state index in [2.05, 4.69) is 10.6 Å². The van der Waals surface area contributed by atoms with E-state index in [-0.39, 0.29) is 34.6 Å². The van der Waals surface area contributed by atoms with Gasteiger partial charge in [-0.15, -0.1) is 0 Å². The standard InChI is InChI=1S/C23H28N2O5S/c1-4-31(29,30)19-8-5-16(6-9-19)14-24-22(28)23(15(2)3)20-10-7-18(21(26)27)13-17(20)11-12-25-23/h5-10,13,15,25H,4,11-12,14H2,1-3H3,(H,24,28)(H,26,27)/t23-/m0/s1. The number of fused-ring (bicyclic) bond motifs is 1. The number of carboxylic acid groups (broad SMARTS) is 1. The molecule has 0 unspecified atom stereocenters. The minimum absolute atomic E-state index is 0.0364. The van der Waals surface area contributed by atoms with Gasteiger partial charge >= 0.3 is 5.97 Å². The van der Waals surface area contributed by atoms with Crippen LogP contribution in [0.4, 0.5) is 0 Å². The van der Waals surface area contributed by atoms with Gasteiger partial charge in [-0.3, -0.25) is 10.1 Å². The highest BCUT2D eigenvalue weighted by Crippen LogP contribution is 2.36. The van der Waals surface area contributed by atoms with Crippen molar-refractivity contribution in [2.45, 2.75) is 44.2 Å². The third-order valence-electron chi connectivity index (χ3n) is 5.91. The Bertz CT molecular complexity index is 1090. The molecule has 3 N–H and O–H groups in total. The Balaban J connectivity index is 1.85. The van der Waals surface area contributed by atoms with Crippen LogP contribution in [0.3, 0.4) is 0 Å². The molecule has 1 atom stereocenters. The minimum Gasteiger partial charge on any atom is -0.478 e. The van der Waals surface area contributed by atoms with Crippen LogP contribution in [0.15, 0.2) is 47.4 Å². The van der Waals surface area contributed by atoms with Crippen LogP contribution in [0.2, 0.25) is 0 Å². The van der Waals surface area contributed by atoms with Crippen molar-refractivity contribution in [1.29, 1.82) is 0 Å². The quantitative estimate of drug-likeness (QED) is 0.605. The molecule has 2 aromatic carbocycles. The predicted octanol–water partition coefficient (Wildman–Crippen LogP) is 2.49. The van der Waals surface area contributed by atoms with E-state index < -0.39 is 21.3 Å². The molecule has 0 spiro atoms. The number of carboxylic acids is 1. The lowest BCUT2D eigenvalue weighted by Gasteiger charge is -2.42. The van der Waals surface area contributed by atoms with Crippen molar-refractivity contribution in [1.82, 2.24) is 10.6 Å². The summed E-state index contributed by atoms with van der Waals surface area (Å²) < 4.78 is 23.9. The molecule has 1 aliphatic rings. The topological polar surface area (TPSA) is 113 Å². The summed E-state index contributed by atoms with van der Waals surface area (Å²) in [5.74, 6) is -1.24. The average molecular weight is 445 g/mol. The Hall–Kier alpha value is -2.71. The largest absolute Gasteiger partial charge is 0.478 e. The number of carbonyl (C=O) groups excluding carboxylic acids is 1. The predicted molar refractivity (Wildman–Crippen MR) is 118 cm³/mol. The van der Waals surface area contributed by atoms with Gasteiger partial charge in [0.2, 0.25) is 5.91 Å². The van der Waals surface area contributed by atoms with Crippen molar-refractivity contribution in [2.75, 3.05) is 12.3 Å². The lowest BCUT2D eigenvalue weighted by atomic mass is 9.73. The number of hydrogen-bond acceptors (Lipinski definition) is 5. The Morgan fingerprint density at radius 2 is 1.84 bits per heavy atom. The maximum absolute atomic E-state index is 13.4. The lowest BCUT2D eigenvalue weighted by molar-refractivity contribution is -0.130. The molecular formula is C23H28N2O5S. The van der Waals surface area contributed by atoms with Crippen molar-refractivity contribution < 1.29 is 23.1 Å². The van der Waals surface area contributed by atoms with Gasteiger partial charge in [-0.25, -0.2) is 13.2 Å². The van der Waals surface area contributed by atoms with Gasteiger partial charge in [0.25, 0.3) is 0 Å². The smallest absolute Gasteiger partial charge is 0.335 e. The van der Waals surface area contributed by atoms with Crippen LogP contribution >= 0.6 is 0 Å². The van der Waals surface area contributed by atoms with Crippen LogP contribution < -0.4 is 10.6 Å². The van der Waals surface area contributed by atoms with Crippen molar-refractivity contribution in [3.05, 3.63) is 64.7 Å². The van der Waals surface area contributed by atoms with Crippen molar-refractivity contribution in [2.24, 2.45) is 5.92 Å². The summed E-state index contributed by atoms with van der Waals surface area (Å²) in [5, 5.41) is 15.6. The first kappa shape index (κ1) is 23.0. The van der Waals surface area contributed by atoms with Gasteiger partial charge in [-0.05, 0) is 53.3 Å². The Labute approximate surface area is 182 Å². The Morgan fingerprint density at radius 1 is 1.16 bits per heavy atom. The number of benzene rings is 2. The second kappa shape index (κ2) is 8.80. The third-order valence-corrected chi connectivity index (χ3v) is 7.67. The fourth-order valence-electron chi connectivity index (χ4n) is 4.09. The summed E-state index contributed by atoms with van der Waals surface area (Å²) in [4.78, 5) is 25.0. The van der Waals surface area contributed by atoms with E-state index in [1.165, 1.54) is 6.07 Å². The van der Waals surface area contributed by atoms with E-state index in [1.54, 1.807) is 43.3 Å². The number of hydrogen-bond donors (Lipinski definition) is 3. The highest BCUT2D eigenvalue weighted by Gasteiger charge is 2.45. The zero-order chi connectivity index (χ0) is 22.8. The molecule has 0 aromatic heterocycles. The molecule has 0 radical (unpaired) electrons. The van der Waals surface area contributed by atoms with E-state index in [0.717, 1.165) is 16.7 Å². The molecule has 3 rings (SSSR count). The van der Waals surface area contributed by atoms with Gasteiger partial charge in [-0.2, -0.15) is 0 Å². The Kier molecular flexibility index (Phi) is 6.52. The van der Waals surface area contributed by atoms with Gasteiger partial charge in [0.1, 0.15) is 5.54 Å². The highest BCUT2D eigenvalue weighted by molar-refractivity contribution is 7.91. The van der Waals surface area contributed by atoms with Crippen LogP contribution in [-0.2, 0) is 33.1 Å². The number of carbonyl (C=O) groups is 2. The lowest BCUT2D eigenvalue weighted by Crippen LogP contribution is -2.60. The molecule has 2 aromatic rings. The summed E-state index contributed by atoms with van der Waals surface area (Å²) in [6.45, 7) is 6.33. The molecule has 0 saturated heterocycles. The van der Waals surface area contributed by atoms with E-state index in [4.69, 9.17) is 0 Å². The van der Waals surface area contributed by atoms with Crippen molar-refractivity contribution in [3.8, 4) is 0 Å². The monoisotopic (exact) mass is 444 g/mol. The van der Waals surface area contributed by atoms with Gasteiger partial charge in [-0.1, -0.05) is 39.0 Å². The fraction of sp³-hybridized carbons (Fsp3) is 0.391. The first-order valence-corrected chi connectivity index (χ1v) is 12.0. The third kappa shape index (κ3) is 4.36. The molecule has 31 heavy (non-hydrogen) atoms. The van der Waals surface area contributed by atoms with E-state index in [0.29, 0.717) is 13.0 Å². The number of rotatable bonds is 7. The minimum atomic E-state index is -3.27.